The number of ether oxygens (including phenoxy) is 2. The highest BCUT2D eigenvalue weighted by atomic mass is 19.1. The van der Waals surface area contributed by atoms with E-state index >= 15 is 0 Å². The first-order valence-corrected chi connectivity index (χ1v) is 5.42. The predicted molar refractivity (Wildman–Crippen MR) is 61.9 cm³/mol. The van der Waals surface area contributed by atoms with Crippen molar-refractivity contribution in [2.24, 2.45) is 0 Å². The van der Waals surface area contributed by atoms with Crippen molar-refractivity contribution in [3.63, 3.8) is 0 Å². The third-order valence-electron chi connectivity index (χ3n) is 2.90. The molecule has 1 aromatic heterocycles. The van der Waals surface area contributed by atoms with Gasteiger partial charge in [0.1, 0.15) is 23.9 Å². The second-order valence-corrected chi connectivity index (χ2v) is 4.00. The molecule has 1 aliphatic heterocycles. The molecule has 2 aromatic rings. The van der Waals surface area contributed by atoms with Crippen molar-refractivity contribution in [3.8, 4) is 17.0 Å². The molecule has 0 radical (unpaired) electrons. The Kier molecular flexibility index (Phi) is 2.33. The fourth-order valence-corrected chi connectivity index (χ4v) is 2.05. The maximum absolute atomic E-state index is 13.1. The zero-order valence-electron chi connectivity index (χ0n) is 9.62. The van der Waals surface area contributed by atoms with Gasteiger partial charge in [0.05, 0.1) is 12.8 Å². The van der Waals surface area contributed by atoms with Gasteiger partial charge >= 0.3 is 5.97 Å². The smallest absolute Gasteiger partial charge is 0.354 e. The van der Waals surface area contributed by atoms with Gasteiger partial charge in [-0.15, -0.1) is 0 Å². The van der Waals surface area contributed by atoms with Crippen LogP contribution in [0.2, 0.25) is 0 Å². The second kappa shape index (κ2) is 3.87. The molecule has 92 valence electrons. The van der Waals surface area contributed by atoms with Gasteiger partial charge in [-0.05, 0) is 18.2 Å². The average Bonchev–Trinajstić information content (AvgIpc) is 2.81. The Morgan fingerprint density at radius 1 is 1.44 bits per heavy atom. The first-order chi connectivity index (χ1) is 8.69. The molecule has 1 N–H and O–H groups in total. The van der Waals surface area contributed by atoms with E-state index in [2.05, 4.69) is 9.72 Å². The van der Waals surface area contributed by atoms with Crippen molar-refractivity contribution in [2.75, 3.05) is 7.11 Å². The molecule has 0 atom stereocenters. The van der Waals surface area contributed by atoms with Crippen molar-refractivity contribution in [3.05, 3.63) is 41.3 Å². The fourth-order valence-electron chi connectivity index (χ4n) is 2.05. The Hall–Kier alpha value is -2.30. The minimum absolute atomic E-state index is 0.305. The molecule has 0 fully saturated rings. The monoisotopic (exact) mass is 247 g/mol. The Morgan fingerprint density at radius 3 is 3.06 bits per heavy atom. The summed E-state index contributed by atoms with van der Waals surface area (Å²) in [6.45, 7) is 0.305. The quantitative estimate of drug-likeness (QED) is 0.788. The Balaban J connectivity index is 2.12. The number of rotatable bonds is 1. The number of fused-ring (bicyclic) bond motifs is 3. The molecule has 0 spiro atoms. The van der Waals surface area contributed by atoms with E-state index in [4.69, 9.17) is 4.74 Å². The summed E-state index contributed by atoms with van der Waals surface area (Å²) in [6, 6.07) is 6.00. The van der Waals surface area contributed by atoms with E-state index in [0.29, 0.717) is 18.1 Å². The number of aromatic amines is 1. The lowest BCUT2D eigenvalue weighted by atomic mass is 10.0. The first-order valence-electron chi connectivity index (χ1n) is 5.42. The number of halogens is 1. The number of benzene rings is 1. The van der Waals surface area contributed by atoms with Crippen molar-refractivity contribution in [1.82, 2.24) is 4.98 Å². The molecular weight excluding hydrogens is 237 g/mol. The number of nitrogens with one attached hydrogen (secondary N) is 1. The summed E-state index contributed by atoms with van der Waals surface area (Å²) in [4.78, 5) is 14.4. The van der Waals surface area contributed by atoms with E-state index in [-0.39, 0.29) is 5.82 Å². The number of esters is 1. The Morgan fingerprint density at radius 2 is 2.28 bits per heavy atom. The fraction of sp³-hybridized carbons (Fsp3) is 0.154. The highest BCUT2D eigenvalue weighted by Gasteiger charge is 2.22. The summed E-state index contributed by atoms with van der Waals surface area (Å²) < 4.78 is 23.2. The normalized spacial score (nSPS) is 12.3. The van der Waals surface area contributed by atoms with Crippen LogP contribution >= 0.6 is 0 Å². The summed E-state index contributed by atoms with van der Waals surface area (Å²) in [5.74, 6) is -0.314. The molecule has 3 rings (SSSR count). The molecule has 18 heavy (non-hydrogen) atoms. The minimum Gasteiger partial charge on any atom is -0.488 e. The van der Waals surface area contributed by atoms with Gasteiger partial charge in [-0.2, -0.15) is 0 Å². The lowest BCUT2D eigenvalue weighted by Crippen LogP contribution is -2.04. The Labute approximate surface area is 102 Å². The van der Waals surface area contributed by atoms with Gasteiger partial charge in [0.15, 0.2) is 0 Å². The van der Waals surface area contributed by atoms with Crippen LogP contribution in [0.25, 0.3) is 11.3 Å². The largest absolute Gasteiger partial charge is 0.488 e. The van der Waals surface area contributed by atoms with Crippen LogP contribution in [0.4, 0.5) is 4.39 Å². The van der Waals surface area contributed by atoms with E-state index in [1.165, 1.54) is 19.2 Å². The van der Waals surface area contributed by atoms with Crippen molar-refractivity contribution < 1.29 is 18.7 Å². The molecule has 4 nitrogen and oxygen atoms in total. The molecular formula is C13H10FNO3. The lowest BCUT2D eigenvalue weighted by molar-refractivity contribution is 0.0595. The van der Waals surface area contributed by atoms with Crippen LogP contribution in [-0.2, 0) is 11.3 Å². The molecule has 0 unspecified atom stereocenters. The molecule has 1 aliphatic rings. The van der Waals surface area contributed by atoms with E-state index in [9.17, 15) is 9.18 Å². The molecule has 0 amide bonds. The van der Waals surface area contributed by atoms with Crippen LogP contribution in [0.5, 0.6) is 5.75 Å². The summed E-state index contributed by atoms with van der Waals surface area (Å²) in [6.07, 6.45) is 0. The third kappa shape index (κ3) is 1.55. The first kappa shape index (κ1) is 10.8. The van der Waals surface area contributed by atoms with E-state index < -0.39 is 5.97 Å². The molecule has 2 heterocycles. The topological polar surface area (TPSA) is 51.3 Å². The average molecular weight is 247 g/mol. The highest BCUT2D eigenvalue weighted by Crippen LogP contribution is 2.37. The van der Waals surface area contributed by atoms with Gasteiger partial charge in [-0.3, -0.25) is 0 Å². The number of aromatic nitrogens is 1. The summed E-state index contributed by atoms with van der Waals surface area (Å²) in [5.41, 5.74) is 2.74. The van der Waals surface area contributed by atoms with Crippen LogP contribution < -0.4 is 4.74 Å². The molecule has 0 saturated heterocycles. The zero-order chi connectivity index (χ0) is 12.7. The Bertz CT molecular complexity index is 633. The van der Waals surface area contributed by atoms with Gasteiger partial charge in [-0.25, -0.2) is 9.18 Å². The summed E-state index contributed by atoms with van der Waals surface area (Å²) in [7, 11) is 1.32. The molecule has 5 heteroatoms. The molecule has 1 aromatic carbocycles. The number of carbonyl (C=O) groups is 1. The van der Waals surface area contributed by atoms with Gasteiger partial charge in [0, 0.05) is 17.2 Å². The number of H-pyrrole nitrogens is 1. The minimum atomic E-state index is -0.437. The van der Waals surface area contributed by atoms with Crippen LogP contribution in [0.1, 0.15) is 16.1 Å². The number of carbonyl (C=O) groups excluding carboxylic acids is 1. The predicted octanol–water partition coefficient (Wildman–Crippen LogP) is 2.50. The van der Waals surface area contributed by atoms with Crippen molar-refractivity contribution in [1.29, 1.82) is 0 Å². The summed E-state index contributed by atoms with van der Waals surface area (Å²) in [5, 5.41) is 0. The number of methoxy groups -OCH3 is 1. The van der Waals surface area contributed by atoms with Crippen molar-refractivity contribution in [2.45, 2.75) is 6.61 Å². The highest BCUT2D eigenvalue weighted by molar-refractivity contribution is 5.90. The number of hydrogen-bond donors (Lipinski definition) is 1. The van der Waals surface area contributed by atoms with Gasteiger partial charge < -0.3 is 14.5 Å². The lowest BCUT2D eigenvalue weighted by Gasteiger charge is -2.17. The third-order valence-corrected chi connectivity index (χ3v) is 2.90. The second-order valence-electron chi connectivity index (χ2n) is 4.00. The van der Waals surface area contributed by atoms with Crippen LogP contribution in [0.15, 0.2) is 24.3 Å². The number of hydrogen-bond acceptors (Lipinski definition) is 3. The molecule has 0 aliphatic carbocycles. The standard InChI is InChI=1S/C13H10FNO3/c1-17-13(16)10-4-7-6-18-11-5-8(14)2-3-9(11)12(7)15-10/h2-5,15H,6H2,1H3. The van der Waals surface area contributed by atoms with Crippen molar-refractivity contribution >= 4 is 5.97 Å². The van der Waals surface area contributed by atoms with E-state index in [0.717, 1.165) is 16.8 Å². The molecule has 0 bridgehead atoms. The maximum Gasteiger partial charge on any atom is 0.354 e. The van der Waals surface area contributed by atoms with Gasteiger partial charge in [0.2, 0.25) is 0 Å². The molecule has 0 saturated carbocycles. The van der Waals surface area contributed by atoms with Crippen LogP contribution in [0, 0.1) is 5.82 Å². The van der Waals surface area contributed by atoms with E-state index in [1.54, 1.807) is 12.1 Å². The summed E-state index contributed by atoms with van der Waals surface area (Å²) >= 11 is 0. The maximum atomic E-state index is 13.1. The van der Waals surface area contributed by atoms with E-state index in [1.807, 2.05) is 0 Å². The van der Waals surface area contributed by atoms with Crippen LogP contribution in [-0.4, -0.2) is 18.1 Å². The van der Waals surface area contributed by atoms with Crippen LogP contribution in [0.3, 0.4) is 0 Å². The SMILES string of the molecule is COC(=O)c1cc2c([nH]1)-c1ccc(F)cc1OC2. The zero-order valence-corrected chi connectivity index (χ0v) is 9.62. The van der Waals surface area contributed by atoms with Gasteiger partial charge in [0.25, 0.3) is 0 Å². The van der Waals surface area contributed by atoms with Gasteiger partial charge in [-0.1, -0.05) is 0 Å².